The Labute approximate surface area is 77.4 Å². The van der Waals surface area contributed by atoms with Gasteiger partial charge in [0.2, 0.25) is 0 Å². The summed E-state index contributed by atoms with van der Waals surface area (Å²) in [6, 6.07) is 0. The monoisotopic (exact) mass is 166 g/mol. The first-order valence-corrected chi connectivity index (χ1v) is 4.76. The average Bonchev–Trinajstić information content (AvgIpc) is 1.98. The summed E-state index contributed by atoms with van der Waals surface area (Å²) in [6.45, 7) is 12.7. The predicted octanol–water partition coefficient (Wildman–Crippen LogP) is 4.19. The third kappa shape index (κ3) is 6.21. The summed E-state index contributed by atoms with van der Waals surface area (Å²) in [6.07, 6.45) is 8.85. The van der Waals surface area contributed by atoms with Crippen molar-refractivity contribution in [3.8, 4) is 0 Å². The first-order valence-electron chi connectivity index (χ1n) is 4.76. The first-order chi connectivity index (χ1) is 5.48. The SMILES string of the molecule is C=CC(C)(C)CC=CCC(C)C. The van der Waals surface area contributed by atoms with Gasteiger partial charge in [-0.15, -0.1) is 6.58 Å². The number of hydrogen-bond donors (Lipinski definition) is 0. The number of rotatable bonds is 5. The summed E-state index contributed by atoms with van der Waals surface area (Å²) in [5.74, 6) is 0.771. The summed E-state index contributed by atoms with van der Waals surface area (Å²) in [5.41, 5.74) is 0.257. The fraction of sp³-hybridized carbons (Fsp3) is 0.667. The van der Waals surface area contributed by atoms with E-state index in [4.69, 9.17) is 0 Å². The summed E-state index contributed by atoms with van der Waals surface area (Å²) in [7, 11) is 0. The lowest BCUT2D eigenvalue weighted by Gasteiger charge is -2.16. The molecule has 0 aromatic heterocycles. The molecule has 0 nitrogen and oxygen atoms in total. The molecule has 0 heteroatoms. The summed E-state index contributed by atoms with van der Waals surface area (Å²) in [4.78, 5) is 0. The molecule has 0 aliphatic rings. The summed E-state index contributed by atoms with van der Waals surface area (Å²) >= 11 is 0. The van der Waals surface area contributed by atoms with Crippen molar-refractivity contribution in [3.63, 3.8) is 0 Å². The fourth-order valence-electron chi connectivity index (χ4n) is 0.839. The lowest BCUT2D eigenvalue weighted by Crippen LogP contribution is -2.04. The van der Waals surface area contributed by atoms with E-state index in [2.05, 4.69) is 46.4 Å². The van der Waals surface area contributed by atoms with Crippen molar-refractivity contribution in [1.29, 1.82) is 0 Å². The van der Waals surface area contributed by atoms with Crippen LogP contribution < -0.4 is 0 Å². The van der Waals surface area contributed by atoms with Crippen LogP contribution >= 0.6 is 0 Å². The Hall–Kier alpha value is -0.520. The van der Waals surface area contributed by atoms with Gasteiger partial charge in [0.1, 0.15) is 0 Å². The van der Waals surface area contributed by atoms with Crippen molar-refractivity contribution in [2.24, 2.45) is 11.3 Å². The largest absolute Gasteiger partial charge is 0.103 e. The van der Waals surface area contributed by atoms with Crippen LogP contribution in [0.4, 0.5) is 0 Å². The number of hydrogen-bond acceptors (Lipinski definition) is 0. The van der Waals surface area contributed by atoms with Gasteiger partial charge in [-0.25, -0.2) is 0 Å². The molecule has 0 heterocycles. The molecule has 0 aliphatic carbocycles. The van der Waals surface area contributed by atoms with Crippen LogP contribution in [-0.2, 0) is 0 Å². The lowest BCUT2D eigenvalue weighted by atomic mass is 9.89. The number of allylic oxidation sites excluding steroid dienone is 3. The van der Waals surface area contributed by atoms with Gasteiger partial charge in [0.25, 0.3) is 0 Å². The van der Waals surface area contributed by atoms with E-state index in [1.54, 1.807) is 0 Å². The standard InChI is InChI=1S/C12H22/c1-6-12(4,5)10-8-7-9-11(2)3/h6-8,11H,1,9-10H2,2-5H3. The molecule has 12 heavy (non-hydrogen) atoms. The maximum atomic E-state index is 3.81. The highest BCUT2D eigenvalue weighted by molar-refractivity contribution is 4.95. The second kappa shape index (κ2) is 5.18. The van der Waals surface area contributed by atoms with Gasteiger partial charge in [-0.2, -0.15) is 0 Å². The van der Waals surface area contributed by atoms with Crippen LogP contribution in [0.3, 0.4) is 0 Å². The molecule has 0 saturated carbocycles. The first kappa shape index (κ1) is 11.5. The van der Waals surface area contributed by atoms with E-state index in [9.17, 15) is 0 Å². The molecule has 0 bridgehead atoms. The molecule has 0 aromatic carbocycles. The van der Waals surface area contributed by atoms with Crippen LogP contribution in [-0.4, -0.2) is 0 Å². The highest BCUT2D eigenvalue weighted by Crippen LogP contribution is 2.21. The third-order valence-corrected chi connectivity index (χ3v) is 1.97. The molecule has 0 spiro atoms. The Morgan fingerprint density at radius 3 is 2.25 bits per heavy atom. The van der Waals surface area contributed by atoms with E-state index in [0.29, 0.717) is 0 Å². The van der Waals surface area contributed by atoms with Gasteiger partial charge in [-0.1, -0.05) is 45.9 Å². The van der Waals surface area contributed by atoms with Crippen LogP contribution in [0.1, 0.15) is 40.5 Å². The van der Waals surface area contributed by atoms with Gasteiger partial charge >= 0.3 is 0 Å². The maximum Gasteiger partial charge on any atom is -0.0143 e. The zero-order chi connectivity index (χ0) is 9.61. The van der Waals surface area contributed by atoms with E-state index in [-0.39, 0.29) is 5.41 Å². The zero-order valence-electron chi connectivity index (χ0n) is 8.93. The van der Waals surface area contributed by atoms with Gasteiger partial charge in [-0.3, -0.25) is 0 Å². The van der Waals surface area contributed by atoms with E-state index in [1.165, 1.54) is 6.42 Å². The molecule has 0 amide bonds. The molecular weight excluding hydrogens is 144 g/mol. The van der Waals surface area contributed by atoms with Crippen molar-refractivity contribution in [3.05, 3.63) is 24.8 Å². The van der Waals surface area contributed by atoms with Crippen molar-refractivity contribution in [2.45, 2.75) is 40.5 Å². The Kier molecular flexibility index (Phi) is 4.96. The van der Waals surface area contributed by atoms with Gasteiger partial charge in [0.05, 0.1) is 0 Å². The maximum absolute atomic E-state index is 3.81. The smallest absolute Gasteiger partial charge is 0.0143 e. The quantitative estimate of drug-likeness (QED) is 0.537. The van der Waals surface area contributed by atoms with Gasteiger partial charge in [-0.05, 0) is 24.2 Å². The van der Waals surface area contributed by atoms with Crippen LogP contribution in [0.2, 0.25) is 0 Å². The summed E-state index contributed by atoms with van der Waals surface area (Å²) in [5, 5.41) is 0. The van der Waals surface area contributed by atoms with Gasteiger partial charge in [0.15, 0.2) is 0 Å². The highest BCUT2D eigenvalue weighted by Gasteiger charge is 2.09. The molecule has 0 aliphatic heterocycles. The lowest BCUT2D eigenvalue weighted by molar-refractivity contribution is 0.488. The van der Waals surface area contributed by atoms with E-state index in [1.807, 2.05) is 6.08 Å². The average molecular weight is 166 g/mol. The normalized spacial score (nSPS) is 12.8. The third-order valence-electron chi connectivity index (χ3n) is 1.97. The zero-order valence-corrected chi connectivity index (χ0v) is 8.93. The fourth-order valence-corrected chi connectivity index (χ4v) is 0.839. The molecule has 0 radical (unpaired) electrons. The van der Waals surface area contributed by atoms with Gasteiger partial charge < -0.3 is 0 Å². The molecule has 0 N–H and O–H groups in total. The van der Waals surface area contributed by atoms with Crippen molar-refractivity contribution in [1.82, 2.24) is 0 Å². The van der Waals surface area contributed by atoms with Crippen molar-refractivity contribution < 1.29 is 0 Å². The van der Waals surface area contributed by atoms with E-state index >= 15 is 0 Å². The Morgan fingerprint density at radius 2 is 1.83 bits per heavy atom. The Bertz CT molecular complexity index is 149. The second-order valence-electron chi connectivity index (χ2n) is 4.50. The molecular formula is C12H22. The highest BCUT2D eigenvalue weighted by atomic mass is 14.1. The topological polar surface area (TPSA) is 0 Å². The molecule has 0 atom stereocenters. The second-order valence-corrected chi connectivity index (χ2v) is 4.50. The van der Waals surface area contributed by atoms with Crippen LogP contribution in [0.15, 0.2) is 24.8 Å². The molecule has 0 saturated heterocycles. The minimum Gasteiger partial charge on any atom is -0.103 e. The minimum atomic E-state index is 0.257. The van der Waals surface area contributed by atoms with Crippen molar-refractivity contribution in [2.75, 3.05) is 0 Å². The molecule has 0 aromatic rings. The summed E-state index contributed by atoms with van der Waals surface area (Å²) < 4.78 is 0. The predicted molar refractivity (Wildman–Crippen MR) is 57.2 cm³/mol. The Balaban J connectivity index is 3.67. The Morgan fingerprint density at radius 1 is 1.25 bits per heavy atom. The molecule has 70 valence electrons. The van der Waals surface area contributed by atoms with Crippen molar-refractivity contribution >= 4 is 0 Å². The molecule has 0 rings (SSSR count). The molecule has 0 unspecified atom stereocenters. The van der Waals surface area contributed by atoms with E-state index in [0.717, 1.165) is 12.3 Å². The van der Waals surface area contributed by atoms with Crippen LogP contribution in [0, 0.1) is 11.3 Å². The van der Waals surface area contributed by atoms with Crippen LogP contribution in [0.5, 0.6) is 0 Å². The molecule has 0 fully saturated rings. The minimum absolute atomic E-state index is 0.257. The van der Waals surface area contributed by atoms with Gasteiger partial charge in [0, 0.05) is 0 Å². The van der Waals surface area contributed by atoms with E-state index < -0.39 is 0 Å². The van der Waals surface area contributed by atoms with Crippen LogP contribution in [0.25, 0.3) is 0 Å².